The molecule has 1 atom stereocenters. The quantitative estimate of drug-likeness (QED) is 0.101. The maximum Gasteiger partial charge on any atom is 0.314 e. The molecule has 9 heteroatoms. The predicted molar refractivity (Wildman–Crippen MR) is 158 cm³/mol. The number of rotatable bonds is 13. The van der Waals surface area contributed by atoms with Gasteiger partial charge in [-0.2, -0.15) is 5.10 Å². The van der Waals surface area contributed by atoms with Crippen LogP contribution in [0.25, 0.3) is 5.69 Å². The number of benzene rings is 3. The van der Waals surface area contributed by atoms with E-state index in [4.69, 9.17) is 19.0 Å². The van der Waals surface area contributed by atoms with Gasteiger partial charge in [-0.05, 0) is 72.4 Å². The van der Waals surface area contributed by atoms with Crippen LogP contribution in [0, 0.1) is 11.7 Å². The summed E-state index contributed by atoms with van der Waals surface area (Å²) >= 11 is 0. The summed E-state index contributed by atoms with van der Waals surface area (Å²) in [6.07, 6.45) is 2.11. The van der Waals surface area contributed by atoms with Crippen LogP contribution in [0.4, 0.5) is 4.39 Å². The number of aromatic nitrogens is 2. The van der Waals surface area contributed by atoms with Crippen LogP contribution in [0.3, 0.4) is 0 Å². The molecule has 0 aliphatic carbocycles. The lowest BCUT2D eigenvalue weighted by atomic mass is 9.95. The van der Waals surface area contributed by atoms with Crippen LogP contribution in [0.15, 0.2) is 84.1 Å². The molecule has 1 unspecified atom stereocenters. The first-order chi connectivity index (χ1) is 20.3. The first-order valence-corrected chi connectivity index (χ1v) is 13.7. The second-order valence-electron chi connectivity index (χ2n) is 10.2. The Morgan fingerprint density at radius 2 is 1.60 bits per heavy atom. The Morgan fingerprint density at radius 1 is 0.929 bits per heavy atom. The van der Waals surface area contributed by atoms with Crippen LogP contribution >= 0.6 is 0 Å². The summed E-state index contributed by atoms with van der Waals surface area (Å²) in [7, 11) is 2.96. The van der Waals surface area contributed by atoms with Crippen molar-refractivity contribution in [3.05, 3.63) is 107 Å². The molecule has 0 N–H and O–H groups in total. The molecule has 1 heterocycles. The average molecular weight is 574 g/mol. The molecule has 42 heavy (non-hydrogen) atoms. The lowest BCUT2D eigenvalue weighted by Gasteiger charge is -2.15. The van der Waals surface area contributed by atoms with Gasteiger partial charge in [-0.25, -0.2) is 9.07 Å². The summed E-state index contributed by atoms with van der Waals surface area (Å²) in [6.45, 7) is 6.47. The lowest BCUT2D eigenvalue weighted by molar-refractivity contribution is -0.143. The highest BCUT2D eigenvalue weighted by Crippen LogP contribution is 2.26. The normalized spacial score (nSPS) is 12.2. The van der Waals surface area contributed by atoms with Gasteiger partial charge in [0.25, 0.3) is 0 Å². The van der Waals surface area contributed by atoms with Crippen LogP contribution < -0.4 is 9.47 Å². The van der Waals surface area contributed by atoms with Gasteiger partial charge in [0.15, 0.2) is 0 Å². The van der Waals surface area contributed by atoms with Gasteiger partial charge in [0, 0.05) is 0 Å². The number of ether oxygens (including phenoxy) is 3. The van der Waals surface area contributed by atoms with Crippen molar-refractivity contribution in [2.75, 3.05) is 14.2 Å². The standard InChI is InChI=1S/C33H36FN3O5/c1-22(2)26-10-14-29(15-11-26)37-32(39-4)27(19-35-37)21-41-30-16-8-24(9-17-30)18-31(33(38)40-5)23(3)36-42-20-25-6-12-28(34)13-7-25/h6-17,19,22,31H,18,20-21H2,1-5H3. The monoisotopic (exact) mass is 573 g/mol. The zero-order valence-corrected chi connectivity index (χ0v) is 24.5. The van der Waals surface area contributed by atoms with E-state index in [1.165, 1.54) is 24.8 Å². The van der Waals surface area contributed by atoms with E-state index in [1.807, 2.05) is 36.4 Å². The number of carbonyl (C=O) groups excluding carboxylic acids is 1. The molecule has 220 valence electrons. The number of methoxy groups -OCH3 is 2. The van der Waals surface area contributed by atoms with Gasteiger partial charge >= 0.3 is 5.97 Å². The van der Waals surface area contributed by atoms with Crippen LogP contribution in [0.1, 0.15) is 48.9 Å². The molecular weight excluding hydrogens is 537 g/mol. The fourth-order valence-electron chi connectivity index (χ4n) is 4.39. The molecule has 0 spiro atoms. The number of carbonyl (C=O) groups is 1. The Balaban J connectivity index is 1.37. The maximum atomic E-state index is 13.1. The van der Waals surface area contributed by atoms with Gasteiger partial charge in [-0.3, -0.25) is 4.79 Å². The van der Waals surface area contributed by atoms with E-state index in [0.717, 1.165) is 22.4 Å². The van der Waals surface area contributed by atoms with E-state index < -0.39 is 11.9 Å². The van der Waals surface area contributed by atoms with Crippen molar-refractivity contribution in [1.82, 2.24) is 9.78 Å². The van der Waals surface area contributed by atoms with E-state index in [1.54, 1.807) is 37.0 Å². The molecule has 0 aliphatic heterocycles. The number of hydrogen-bond donors (Lipinski definition) is 0. The highest BCUT2D eigenvalue weighted by Gasteiger charge is 2.24. The zero-order chi connectivity index (χ0) is 30.1. The van der Waals surface area contributed by atoms with E-state index in [-0.39, 0.29) is 19.0 Å². The van der Waals surface area contributed by atoms with E-state index >= 15 is 0 Å². The third-order valence-electron chi connectivity index (χ3n) is 6.89. The molecular formula is C33H36FN3O5. The predicted octanol–water partition coefficient (Wildman–Crippen LogP) is 6.65. The smallest absolute Gasteiger partial charge is 0.314 e. The first kappa shape index (κ1) is 30.3. The molecule has 0 bridgehead atoms. The Kier molecular flexibility index (Phi) is 10.3. The second-order valence-corrected chi connectivity index (χ2v) is 10.2. The van der Waals surface area contributed by atoms with Gasteiger partial charge < -0.3 is 19.0 Å². The summed E-state index contributed by atoms with van der Waals surface area (Å²) in [5.41, 5.74) is 5.13. The summed E-state index contributed by atoms with van der Waals surface area (Å²) < 4.78 is 31.5. The second kappa shape index (κ2) is 14.3. The molecule has 4 aromatic rings. The van der Waals surface area contributed by atoms with E-state index in [0.29, 0.717) is 29.7 Å². The van der Waals surface area contributed by atoms with Gasteiger partial charge in [0.1, 0.15) is 30.7 Å². The molecule has 4 rings (SSSR count). The fraction of sp³-hybridized carbons (Fsp3) is 0.303. The zero-order valence-electron chi connectivity index (χ0n) is 24.5. The Bertz CT molecular complexity index is 1480. The van der Waals surface area contributed by atoms with Gasteiger partial charge in [-0.15, -0.1) is 0 Å². The molecule has 0 amide bonds. The van der Waals surface area contributed by atoms with Crippen LogP contribution in [0.2, 0.25) is 0 Å². The number of oxime groups is 1. The highest BCUT2D eigenvalue weighted by atomic mass is 19.1. The van der Waals surface area contributed by atoms with Crippen molar-refractivity contribution in [3.8, 4) is 17.3 Å². The van der Waals surface area contributed by atoms with Crippen LogP contribution in [-0.2, 0) is 34.0 Å². The summed E-state index contributed by atoms with van der Waals surface area (Å²) in [5, 5.41) is 8.62. The number of esters is 1. The Hall–Kier alpha value is -4.66. The van der Waals surface area contributed by atoms with Crippen molar-refractivity contribution in [1.29, 1.82) is 0 Å². The number of hydrogen-bond acceptors (Lipinski definition) is 7. The van der Waals surface area contributed by atoms with E-state index in [9.17, 15) is 9.18 Å². The molecule has 0 radical (unpaired) electrons. The summed E-state index contributed by atoms with van der Waals surface area (Å²) in [6, 6.07) is 21.7. The summed E-state index contributed by atoms with van der Waals surface area (Å²) in [4.78, 5) is 17.9. The minimum Gasteiger partial charge on any atom is -0.489 e. The van der Waals surface area contributed by atoms with Crippen molar-refractivity contribution >= 4 is 11.7 Å². The fourth-order valence-corrected chi connectivity index (χ4v) is 4.39. The van der Waals surface area contributed by atoms with Crippen molar-refractivity contribution in [3.63, 3.8) is 0 Å². The van der Waals surface area contributed by atoms with Crippen LogP contribution in [0.5, 0.6) is 11.6 Å². The van der Waals surface area contributed by atoms with Crippen molar-refractivity contribution in [2.24, 2.45) is 11.1 Å². The first-order valence-electron chi connectivity index (χ1n) is 13.7. The van der Waals surface area contributed by atoms with Crippen molar-refractivity contribution < 1.29 is 28.2 Å². The molecule has 0 saturated heterocycles. The number of halogens is 1. The van der Waals surface area contributed by atoms with E-state index in [2.05, 4.69) is 36.2 Å². The van der Waals surface area contributed by atoms with Crippen LogP contribution in [-0.4, -0.2) is 35.7 Å². The Morgan fingerprint density at radius 3 is 2.21 bits per heavy atom. The molecule has 0 aliphatic rings. The Labute approximate surface area is 245 Å². The highest BCUT2D eigenvalue weighted by molar-refractivity contribution is 6.00. The van der Waals surface area contributed by atoms with Gasteiger partial charge in [0.2, 0.25) is 5.88 Å². The average Bonchev–Trinajstić information content (AvgIpc) is 3.43. The van der Waals surface area contributed by atoms with Gasteiger partial charge in [0.05, 0.1) is 37.4 Å². The number of nitrogens with zero attached hydrogens (tertiary/aromatic N) is 3. The largest absolute Gasteiger partial charge is 0.489 e. The topological polar surface area (TPSA) is 84.2 Å². The molecule has 0 saturated carbocycles. The molecule has 3 aromatic carbocycles. The third-order valence-corrected chi connectivity index (χ3v) is 6.89. The molecule has 0 fully saturated rings. The van der Waals surface area contributed by atoms with Crippen molar-refractivity contribution in [2.45, 2.75) is 46.3 Å². The molecule has 1 aromatic heterocycles. The SMILES string of the molecule is COC(=O)C(Cc1ccc(OCc2cnn(-c3ccc(C(C)C)cc3)c2OC)cc1)C(C)=NOCc1ccc(F)cc1. The maximum absolute atomic E-state index is 13.1. The molecule has 8 nitrogen and oxygen atoms in total. The minimum absolute atomic E-state index is 0.158. The summed E-state index contributed by atoms with van der Waals surface area (Å²) in [5.74, 6) is 0.369. The lowest BCUT2D eigenvalue weighted by Crippen LogP contribution is -2.26. The third kappa shape index (κ3) is 7.75. The minimum atomic E-state index is -0.625. The van der Waals surface area contributed by atoms with Gasteiger partial charge in [-0.1, -0.05) is 55.4 Å².